The van der Waals surface area contributed by atoms with Gasteiger partial charge >= 0.3 is 5.97 Å². The van der Waals surface area contributed by atoms with Crippen molar-refractivity contribution >= 4 is 40.5 Å². The highest BCUT2D eigenvalue weighted by Crippen LogP contribution is 2.22. The van der Waals surface area contributed by atoms with E-state index in [1.807, 2.05) is 0 Å². The van der Waals surface area contributed by atoms with Crippen molar-refractivity contribution in [1.29, 1.82) is 0 Å². The molecule has 110 valence electrons. The van der Waals surface area contributed by atoms with Crippen LogP contribution in [0.3, 0.4) is 0 Å². The third-order valence-corrected chi connectivity index (χ3v) is 3.90. The molecule has 0 bridgehead atoms. The number of amides is 1. The summed E-state index contributed by atoms with van der Waals surface area (Å²) in [5, 5.41) is 4.28. The monoisotopic (exact) mass is 327 g/mol. The SMILES string of the molecule is Cc1ccsc1C(=O)OCC(=O)Nc1ccc(F)cc1Cl. The second kappa shape index (κ2) is 6.69. The van der Waals surface area contributed by atoms with Gasteiger partial charge in [0.2, 0.25) is 0 Å². The van der Waals surface area contributed by atoms with Gasteiger partial charge in [-0.15, -0.1) is 11.3 Å². The van der Waals surface area contributed by atoms with Crippen molar-refractivity contribution < 1.29 is 18.7 Å². The lowest BCUT2D eigenvalue weighted by molar-refractivity contribution is -0.119. The molecule has 1 aromatic carbocycles. The van der Waals surface area contributed by atoms with Crippen molar-refractivity contribution in [3.05, 3.63) is 50.9 Å². The number of anilines is 1. The van der Waals surface area contributed by atoms with E-state index < -0.39 is 24.3 Å². The standard InChI is InChI=1S/C14H11ClFNO3S/c1-8-4-5-21-13(8)14(19)20-7-12(18)17-11-3-2-9(16)6-10(11)15/h2-6H,7H2,1H3,(H,17,18). The van der Waals surface area contributed by atoms with Gasteiger partial charge in [-0.2, -0.15) is 0 Å². The van der Waals surface area contributed by atoms with E-state index in [4.69, 9.17) is 16.3 Å². The Balaban J connectivity index is 1.90. The summed E-state index contributed by atoms with van der Waals surface area (Å²) in [6.45, 7) is 1.34. The molecular weight excluding hydrogens is 317 g/mol. The van der Waals surface area contributed by atoms with Gasteiger partial charge < -0.3 is 10.1 Å². The molecular formula is C14H11ClFNO3S. The Hall–Kier alpha value is -1.92. The second-order valence-corrected chi connectivity index (χ2v) is 5.50. The molecule has 2 rings (SSSR count). The second-order valence-electron chi connectivity index (χ2n) is 4.18. The number of carbonyl (C=O) groups excluding carboxylic acids is 2. The molecule has 0 saturated heterocycles. The molecule has 0 atom stereocenters. The fourth-order valence-corrected chi connectivity index (χ4v) is 2.59. The van der Waals surface area contributed by atoms with Crippen LogP contribution in [0.2, 0.25) is 5.02 Å². The van der Waals surface area contributed by atoms with Crippen LogP contribution in [0.1, 0.15) is 15.2 Å². The fourth-order valence-electron chi connectivity index (χ4n) is 1.56. The highest BCUT2D eigenvalue weighted by atomic mass is 35.5. The van der Waals surface area contributed by atoms with E-state index in [1.54, 1.807) is 18.4 Å². The van der Waals surface area contributed by atoms with E-state index in [0.717, 1.165) is 11.6 Å². The summed E-state index contributed by atoms with van der Waals surface area (Å²) < 4.78 is 17.8. The Kier molecular flexibility index (Phi) is 4.93. The Bertz CT molecular complexity index is 687. The number of rotatable bonds is 4. The van der Waals surface area contributed by atoms with Crippen molar-refractivity contribution in [2.45, 2.75) is 6.92 Å². The average Bonchev–Trinajstić information content (AvgIpc) is 2.85. The molecule has 0 spiro atoms. The van der Waals surface area contributed by atoms with Crippen LogP contribution in [0.5, 0.6) is 0 Å². The lowest BCUT2D eigenvalue weighted by atomic mass is 10.3. The minimum absolute atomic E-state index is 0.0729. The molecule has 1 heterocycles. The number of hydrogen-bond donors (Lipinski definition) is 1. The van der Waals surface area contributed by atoms with Gasteiger partial charge in [0, 0.05) is 0 Å². The van der Waals surface area contributed by atoms with Crippen LogP contribution in [0.4, 0.5) is 10.1 Å². The van der Waals surface area contributed by atoms with Crippen LogP contribution < -0.4 is 5.32 Å². The molecule has 1 amide bonds. The third kappa shape index (κ3) is 4.03. The maximum Gasteiger partial charge on any atom is 0.349 e. The summed E-state index contributed by atoms with van der Waals surface area (Å²) in [7, 11) is 0. The molecule has 0 aliphatic carbocycles. The smallest absolute Gasteiger partial charge is 0.349 e. The predicted octanol–water partition coefficient (Wildman–Crippen LogP) is 3.64. The van der Waals surface area contributed by atoms with Gasteiger partial charge in [-0.1, -0.05) is 11.6 Å². The van der Waals surface area contributed by atoms with Crippen LogP contribution in [0, 0.1) is 12.7 Å². The van der Waals surface area contributed by atoms with Gasteiger partial charge in [-0.3, -0.25) is 4.79 Å². The first-order chi connectivity index (χ1) is 9.97. The number of carbonyl (C=O) groups is 2. The van der Waals surface area contributed by atoms with Gasteiger partial charge in [0.15, 0.2) is 6.61 Å². The Morgan fingerprint density at radius 1 is 1.38 bits per heavy atom. The lowest BCUT2D eigenvalue weighted by Gasteiger charge is -2.08. The number of halogens is 2. The molecule has 4 nitrogen and oxygen atoms in total. The zero-order valence-electron chi connectivity index (χ0n) is 11.0. The van der Waals surface area contributed by atoms with Crippen molar-refractivity contribution in [3.8, 4) is 0 Å². The number of thiophene rings is 1. The number of hydrogen-bond acceptors (Lipinski definition) is 4. The predicted molar refractivity (Wildman–Crippen MR) is 79.4 cm³/mol. The molecule has 0 radical (unpaired) electrons. The fraction of sp³-hybridized carbons (Fsp3) is 0.143. The number of esters is 1. The number of ether oxygens (including phenoxy) is 1. The molecule has 21 heavy (non-hydrogen) atoms. The molecule has 0 fully saturated rings. The molecule has 0 aliphatic heterocycles. The van der Waals surface area contributed by atoms with Crippen molar-refractivity contribution in [1.82, 2.24) is 0 Å². The first kappa shape index (κ1) is 15.5. The molecule has 1 aromatic heterocycles. The molecule has 7 heteroatoms. The van der Waals surface area contributed by atoms with Gasteiger partial charge in [0.05, 0.1) is 10.7 Å². The first-order valence-corrected chi connectivity index (χ1v) is 7.19. The summed E-state index contributed by atoms with van der Waals surface area (Å²) in [6.07, 6.45) is 0. The van der Waals surface area contributed by atoms with Crippen LogP contribution in [0.25, 0.3) is 0 Å². The van der Waals surface area contributed by atoms with Crippen molar-refractivity contribution in [2.24, 2.45) is 0 Å². The summed E-state index contributed by atoms with van der Waals surface area (Å²) in [5.74, 6) is -1.61. The highest BCUT2D eigenvalue weighted by molar-refractivity contribution is 7.12. The summed E-state index contributed by atoms with van der Waals surface area (Å²) >= 11 is 7.03. The lowest BCUT2D eigenvalue weighted by Crippen LogP contribution is -2.21. The van der Waals surface area contributed by atoms with Crippen LogP contribution in [-0.4, -0.2) is 18.5 Å². The van der Waals surface area contributed by atoms with E-state index in [1.165, 1.54) is 23.5 Å². The normalized spacial score (nSPS) is 10.2. The Labute approximate surface area is 129 Å². The average molecular weight is 328 g/mol. The van der Waals surface area contributed by atoms with Crippen LogP contribution >= 0.6 is 22.9 Å². The van der Waals surface area contributed by atoms with E-state index >= 15 is 0 Å². The first-order valence-electron chi connectivity index (χ1n) is 5.93. The molecule has 2 aromatic rings. The summed E-state index contributed by atoms with van der Waals surface area (Å²) in [6, 6.07) is 5.38. The Morgan fingerprint density at radius 3 is 2.76 bits per heavy atom. The Morgan fingerprint density at radius 2 is 2.14 bits per heavy atom. The van der Waals surface area contributed by atoms with Gasteiger partial charge in [0.25, 0.3) is 5.91 Å². The molecule has 0 saturated carbocycles. The zero-order valence-corrected chi connectivity index (χ0v) is 12.6. The molecule has 0 unspecified atom stereocenters. The van der Waals surface area contributed by atoms with E-state index in [0.29, 0.717) is 4.88 Å². The van der Waals surface area contributed by atoms with E-state index in [-0.39, 0.29) is 10.7 Å². The summed E-state index contributed by atoms with van der Waals surface area (Å²) in [5.41, 5.74) is 1.05. The zero-order chi connectivity index (χ0) is 15.4. The highest BCUT2D eigenvalue weighted by Gasteiger charge is 2.14. The minimum Gasteiger partial charge on any atom is -0.451 e. The quantitative estimate of drug-likeness (QED) is 0.872. The number of aryl methyl sites for hydroxylation is 1. The van der Waals surface area contributed by atoms with Crippen molar-refractivity contribution in [2.75, 3.05) is 11.9 Å². The van der Waals surface area contributed by atoms with Crippen LogP contribution in [-0.2, 0) is 9.53 Å². The maximum atomic E-state index is 12.9. The number of nitrogens with one attached hydrogen (secondary N) is 1. The number of benzene rings is 1. The molecule has 0 aliphatic rings. The van der Waals surface area contributed by atoms with Gasteiger partial charge in [-0.05, 0) is 42.1 Å². The van der Waals surface area contributed by atoms with Crippen molar-refractivity contribution in [3.63, 3.8) is 0 Å². The van der Waals surface area contributed by atoms with E-state index in [2.05, 4.69) is 5.32 Å². The minimum atomic E-state index is -0.553. The summed E-state index contributed by atoms with van der Waals surface area (Å²) in [4.78, 5) is 23.9. The topological polar surface area (TPSA) is 55.4 Å². The van der Waals surface area contributed by atoms with Gasteiger partial charge in [0.1, 0.15) is 10.7 Å². The largest absolute Gasteiger partial charge is 0.451 e. The molecule has 1 N–H and O–H groups in total. The maximum absolute atomic E-state index is 12.9. The van der Waals surface area contributed by atoms with E-state index in [9.17, 15) is 14.0 Å². The third-order valence-electron chi connectivity index (χ3n) is 2.59. The van der Waals surface area contributed by atoms with Gasteiger partial charge in [-0.25, -0.2) is 9.18 Å². The van der Waals surface area contributed by atoms with Crippen LogP contribution in [0.15, 0.2) is 29.6 Å².